The molecule has 2 saturated carbocycles. The van der Waals surface area contributed by atoms with Crippen molar-refractivity contribution in [1.29, 1.82) is 0 Å². The summed E-state index contributed by atoms with van der Waals surface area (Å²) in [7, 11) is 0. The minimum absolute atomic E-state index is 0.106. The number of hydrogen-bond donors (Lipinski definition) is 0. The Labute approximate surface area is 73.3 Å². The van der Waals surface area contributed by atoms with Gasteiger partial charge in [-0.05, 0) is 37.5 Å². The Hall–Kier alpha value is -0.530. The fraction of sp³-hybridized carbons (Fsp3) is 0.900. The highest BCUT2D eigenvalue weighted by atomic mass is 16.5. The summed E-state index contributed by atoms with van der Waals surface area (Å²) in [6.07, 6.45) is 6.58. The van der Waals surface area contributed by atoms with Crippen molar-refractivity contribution in [2.24, 2.45) is 11.8 Å². The van der Waals surface area contributed by atoms with Crippen molar-refractivity contribution in [2.45, 2.75) is 45.1 Å². The smallest absolute Gasteiger partial charge is 0.302 e. The van der Waals surface area contributed by atoms with Gasteiger partial charge in [0.2, 0.25) is 0 Å². The van der Waals surface area contributed by atoms with Crippen LogP contribution in [0.3, 0.4) is 0 Å². The van der Waals surface area contributed by atoms with Crippen molar-refractivity contribution in [3.8, 4) is 0 Å². The van der Waals surface area contributed by atoms with Gasteiger partial charge in [-0.2, -0.15) is 0 Å². The number of rotatable bonds is 1. The first-order valence-electron chi connectivity index (χ1n) is 4.93. The average molecular weight is 168 g/mol. The van der Waals surface area contributed by atoms with Crippen molar-refractivity contribution in [1.82, 2.24) is 0 Å². The van der Waals surface area contributed by atoms with Crippen LogP contribution in [0.15, 0.2) is 0 Å². The lowest BCUT2D eigenvalue weighted by atomic mass is 9.87. The first kappa shape index (κ1) is 8.09. The van der Waals surface area contributed by atoms with Crippen molar-refractivity contribution in [3.05, 3.63) is 0 Å². The molecule has 0 unspecified atom stereocenters. The van der Waals surface area contributed by atoms with Crippen LogP contribution < -0.4 is 0 Å². The molecule has 2 heteroatoms. The molecule has 2 aliphatic rings. The Morgan fingerprint density at radius 2 is 2.00 bits per heavy atom. The molecule has 0 N–H and O–H groups in total. The van der Waals surface area contributed by atoms with Crippen LogP contribution in [0.1, 0.15) is 39.0 Å². The van der Waals surface area contributed by atoms with E-state index in [4.69, 9.17) is 4.74 Å². The van der Waals surface area contributed by atoms with E-state index in [2.05, 4.69) is 0 Å². The summed E-state index contributed by atoms with van der Waals surface area (Å²) >= 11 is 0. The second-order valence-corrected chi connectivity index (χ2v) is 4.16. The zero-order valence-corrected chi connectivity index (χ0v) is 7.58. The zero-order valence-electron chi connectivity index (χ0n) is 7.58. The van der Waals surface area contributed by atoms with Crippen LogP contribution in [0.25, 0.3) is 0 Å². The molecule has 3 atom stereocenters. The Morgan fingerprint density at radius 1 is 1.25 bits per heavy atom. The summed E-state index contributed by atoms with van der Waals surface area (Å²) in [5.74, 6) is 1.53. The summed E-state index contributed by atoms with van der Waals surface area (Å²) < 4.78 is 5.28. The van der Waals surface area contributed by atoms with E-state index in [0.29, 0.717) is 5.92 Å². The third-order valence-electron chi connectivity index (χ3n) is 3.28. The molecule has 0 aromatic carbocycles. The molecule has 0 aromatic rings. The van der Waals surface area contributed by atoms with Gasteiger partial charge in [0.25, 0.3) is 0 Å². The third kappa shape index (κ3) is 1.47. The molecule has 2 rings (SSSR count). The molecular formula is C10H16O2. The Morgan fingerprint density at radius 3 is 2.75 bits per heavy atom. The Balaban J connectivity index is 1.93. The molecule has 0 amide bonds. The van der Waals surface area contributed by atoms with Gasteiger partial charge in [0, 0.05) is 6.92 Å². The van der Waals surface area contributed by atoms with Crippen molar-refractivity contribution < 1.29 is 9.53 Å². The van der Waals surface area contributed by atoms with Crippen LogP contribution in [-0.2, 0) is 9.53 Å². The highest BCUT2D eigenvalue weighted by Crippen LogP contribution is 2.43. The van der Waals surface area contributed by atoms with Crippen LogP contribution in [-0.4, -0.2) is 12.1 Å². The van der Waals surface area contributed by atoms with Gasteiger partial charge in [0.05, 0.1) is 0 Å². The molecule has 0 aliphatic heterocycles. The molecular weight excluding hydrogens is 152 g/mol. The van der Waals surface area contributed by atoms with Gasteiger partial charge < -0.3 is 4.74 Å². The minimum atomic E-state index is -0.106. The number of fused-ring (bicyclic) bond motifs is 2. The summed E-state index contributed by atoms with van der Waals surface area (Å²) in [4.78, 5) is 10.8. The summed E-state index contributed by atoms with van der Waals surface area (Å²) in [6, 6.07) is 0. The van der Waals surface area contributed by atoms with E-state index in [1.807, 2.05) is 0 Å². The van der Waals surface area contributed by atoms with E-state index in [0.717, 1.165) is 12.3 Å². The summed E-state index contributed by atoms with van der Waals surface area (Å²) in [5.41, 5.74) is 0. The molecule has 0 aromatic heterocycles. The standard InChI is InChI=1S/C10H16O2/c1-7(11)12-10-5-3-8-2-4-9(10)6-8/h8-10H,2-6H2,1H3/t8-,9-,10-/m1/s1. The van der Waals surface area contributed by atoms with Crippen LogP contribution in [0.5, 0.6) is 0 Å². The number of esters is 1. The lowest BCUT2D eigenvalue weighted by Crippen LogP contribution is -2.27. The highest BCUT2D eigenvalue weighted by molar-refractivity contribution is 5.66. The number of carbonyl (C=O) groups excluding carboxylic acids is 1. The molecule has 2 aliphatic carbocycles. The van der Waals surface area contributed by atoms with Gasteiger partial charge in [-0.1, -0.05) is 6.42 Å². The SMILES string of the molecule is CC(=O)O[C@@H]1CC[C@H]2CC[C@@H]1C2. The predicted octanol–water partition coefficient (Wildman–Crippen LogP) is 2.13. The zero-order chi connectivity index (χ0) is 8.55. The van der Waals surface area contributed by atoms with Crippen molar-refractivity contribution in [3.63, 3.8) is 0 Å². The fourth-order valence-electron chi connectivity index (χ4n) is 2.72. The molecule has 0 saturated heterocycles. The molecule has 68 valence electrons. The van der Waals surface area contributed by atoms with Crippen LogP contribution >= 0.6 is 0 Å². The van der Waals surface area contributed by atoms with E-state index >= 15 is 0 Å². The largest absolute Gasteiger partial charge is 0.462 e. The average Bonchev–Trinajstić information content (AvgIpc) is 2.39. The molecule has 2 bridgehead atoms. The maximum absolute atomic E-state index is 10.8. The van der Waals surface area contributed by atoms with Gasteiger partial charge >= 0.3 is 5.97 Å². The number of ether oxygens (including phenoxy) is 1. The monoisotopic (exact) mass is 168 g/mol. The Kier molecular flexibility index (Phi) is 2.07. The number of hydrogen-bond acceptors (Lipinski definition) is 2. The predicted molar refractivity (Wildman–Crippen MR) is 45.6 cm³/mol. The van der Waals surface area contributed by atoms with Crippen LogP contribution in [0.2, 0.25) is 0 Å². The summed E-state index contributed by atoms with van der Waals surface area (Å²) in [6.45, 7) is 1.51. The van der Waals surface area contributed by atoms with Crippen LogP contribution in [0, 0.1) is 11.8 Å². The topological polar surface area (TPSA) is 26.3 Å². The Bertz CT molecular complexity index is 188. The molecule has 0 spiro atoms. The normalized spacial score (nSPS) is 39.6. The minimum Gasteiger partial charge on any atom is -0.462 e. The second kappa shape index (κ2) is 3.08. The second-order valence-electron chi connectivity index (χ2n) is 4.16. The molecule has 0 radical (unpaired) electrons. The fourth-order valence-corrected chi connectivity index (χ4v) is 2.72. The first-order chi connectivity index (χ1) is 5.75. The van der Waals surface area contributed by atoms with E-state index in [1.54, 1.807) is 0 Å². The molecule has 12 heavy (non-hydrogen) atoms. The van der Waals surface area contributed by atoms with Gasteiger partial charge in [-0.3, -0.25) is 4.79 Å². The van der Waals surface area contributed by atoms with E-state index < -0.39 is 0 Å². The molecule has 2 nitrogen and oxygen atoms in total. The van der Waals surface area contributed by atoms with Gasteiger partial charge in [-0.25, -0.2) is 0 Å². The van der Waals surface area contributed by atoms with E-state index in [9.17, 15) is 4.79 Å². The van der Waals surface area contributed by atoms with Crippen molar-refractivity contribution >= 4 is 5.97 Å². The summed E-state index contributed by atoms with van der Waals surface area (Å²) in [5, 5.41) is 0. The highest BCUT2D eigenvalue weighted by Gasteiger charge is 2.37. The maximum Gasteiger partial charge on any atom is 0.302 e. The quantitative estimate of drug-likeness (QED) is 0.561. The van der Waals surface area contributed by atoms with Gasteiger partial charge in [0.1, 0.15) is 6.10 Å². The number of carbonyl (C=O) groups is 1. The van der Waals surface area contributed by atoms with Crippen LogP contribution in [0.4, 0.5) is 0 Å². The van der Waals surface area contributed by atoms with E-state index in [1.165, 1.54) is 32.6 Å². The lowest BCUT2D eigenvalue weighted by molar-refractivity contribution is -0.150. The first-order valence-corrected chi connectivity index (χ1v) is 4.93. The van der Waals surface area contributed by atoms with Gasteiger partial charge in [-0.15, -0.1) is 0 Å². The molecule has 2 fully saturated rings. The molecule has 0 heterocycles. The maximum atomic E-state index is 10.8. The van der Waals surface area contributed by atoms with Gasteiger partial charge in [0.15, 0.2) is 0 Å². The van der Waals surface area contributed by atoms with E-state index in [-0.39, 0.29) is 12.1 Å². The third-order valence-corrected chi connectivity index (χ3v) is 3.28. The van der Waals surface area contributed by atoms with Crippen molar-refractivity contribution in [2.75, 3.05) is 0 Å². The lowest BCUT2D eigenvalue weighted by Gasteiger charge is -2.27.